The van der Waals surface area contributed by atoms with E-state index < -0.39 is 5.97 Å². The van der Waals surface area contributed by atoms with Gasteiger partial charge in [0, 0.05) is 11.8 Å². The lowest BCUT2D eigenvalue weighted by Gasteiger charge is -2.16. The third-order valence-corrected chi connectivity index (χ3v) is 3.87. The maximum Gasteiger partial charge on any atom is 0.305 e. The fourth-order valence-electron chi connectivity index (χ4n) is 2.76. The molecule has 20 heavy (non-hydrogen) atoms. The molecule has 1 aliphatic rings. The Morgan fingerprint density at radius 1 is 1.20 bits per heavy atom. The number of benzene rings is 1. The van der Waals surface area contributed by atoms with E-state index in [4.69, 9.17) is 5.11 Å². The summed E-state index contributed by atoms with van der Waals surface area (Å²) in [5, 5.41) is 12.9. The average Bonchev–Trinajstić information content (AvgIpc) is 2.93. The Morgan fingerprint density at radius 3 is 2.80 bits per heavy atom. The van der Waals surface area contributed by atoms with E-state index in [1.807, 2.05) is 12.4 Å². The molecular weight excluding hydrogens is 252 g/mol. The minimum Gasteiger partial charge on any atom is -0.481 e. The van der Waals surface area contributed by atoms with Gasteiger partial charge < -0.3 is 5.11 Å². The number of carboxylic acids is 1. The molecule has 0 radical (unpaired) electrons. The Kier molecular flexibility index (Phi) is 3.54. The second kappa shape index (κ2) is 5.49. The fourth-order valence-corrected chi connectivity index (χ4v) is 2.76. The van der Waals surface area contributed by atoms with Crippen LogP contribution in [0.15, 0.2) is 30.6 Å². The van der Waals surface area contributed by atoms with Gasteiger partial charge >= 0.3 is 5.97 Å². The predicted octanol–water partition coefficient (Wildman–Crippen LogP) is 2.90. The molecule has 4 nitrogen and oxygen atoms in total. The summed E-state index contributed by atoms with van der Waals surface area (Å²) in [5.74, 6) is -0.796. The van der Waals surface area contributed by atoms with Crippen LogP contribution >= 0.6 is 0 Å². The second-order valence-electron chi connectivity index (χ2n) is 5.33. The molecule has 1 aromatic carbocycles. The van der Waals surface area contributed by atoms with Gasteiger partial charge in [0.15, 0.2) is 0 Å². The molecule has 0 amide bonds. The van der Waals surface area contributed by atoms with Crippen LogP contribution in [0.25, 0.3) is 11.1 Å². The molecule has 0 spiro atoms. The van der Waals surface area contributed by atoms with Crippen molar-refractivity contribution in [3.05, 3.63) is 41.7 Å². The molecule has 1 heterocycles. The molecule has 4 heteroatoms. The lowest BCUT2D eigenvalue weighted by atomic mass is 9.89. The molecule has 0 bridgehead atoms. The Balaban J connectivity index is 1.80. The number of hydrogen-bond donors (Lipinski definition) is 1. The molecule has 0 saturated carbocycles. The van der Waals surface area contributed by atoms with E-state index >= 15 is 0 Å². The number of fused-ring (bicyclic) bond motifs is 1. The second-order valence-corrected chi connectivity index (χ2v) is 5.33. The van der Waals surface area contributed by atoms with E-state index in [0.29, 0.717) is 6.54 Å². The summed E-state index contributed by atoms with van der Waals surface area (Å²) >= 11 is 0. The number of aryl methyl sites for hydroxylation is 3. The Morgan fingerprint density at radius 2 is 2.00 bits per heavy atom. The maximum absolute atomic E-state index is 10.6. The molecule has 0 fully saturated rings. The number of aliphatic carboxylic acids is 1. The highest BCUT2D eigenvalue weighted by molar-refractivity contribution is 5.66. The SMILES string of the molecule is O=C(O)CCn1cc(-c2ccc3c(c2)CCCC3)cn1. The van der Waals surface area contributed by atoms with Gasteiger partial charge in [-0.15, -0.1) is 0 Å². The minimum atomic E-state index is -0.796. The standard InChI is InChI=1S/C16H18N2O2/c19-16(20)7-8-18-11-15(10-17-18)14-6-5-12-3-1-2-4-13(12)9-14/h5-6,9-11H,1-4,7-8H2,(H,19,20). The van der Waals surface area contributed by atoms with Crippen molar-refractivity contribution in [2.75, 3.05) is 0 Å². The van der Waals surface area contributed by atoms with Gasteiger partial charge in [-0.25, -0.2) is 0 Å². The van der Waals surface area contributed by atoms with Crippen molar-refractivity contribution in [3.63, 3.8) is 0 Å². The van der Waals surface area contributed by atoms with Gasteiger partial charge in [0.05, 0.1) is 19.2 Å². The van der Waals surface area contributed by atoms with Gasteiger partial charge in [-0.05, 0) is 42.4 Å². The molecule has 1 aromatic heterocycles. The van der Waals surface area contributed by atoms with Gasteiger partial charge in [0.1, 0.15) is 0 Å². The summed E-state index contributed by atoms with van der Waals surface area (Å²) in [6, 6.07) is 6.62. The zero-order valence-electron chi connectivity index (χ0n) is 11.4. The average molecular weight is 270 g/mol. The third kappa shape index (κ3) is 2.74. The van der Waals surface area contributed by atoms with Crippen molar-refractivity contribution in [2.45, 2.75) is 38.6 Å². The number of hydrogen-bond acceptors (Lipinski definition) is 2. The summed E-state index contributed by atoms with van der Waals surface area (Å²) < 4.78 is 1.70. The van der Waals surface area contributed by atoms with Crippen LogP contribution in [-0.2, 0) is 24.2 Å². The first-order valence-electron chi connectivity index (χ1n) is 7.09. The maximum atomic E-state index is 10.6. The van der Waals surface area contributed by atoms with Crippen molar-refractivity contribution in [1.82, 2.24) is 9.78 Å². The molecular formula is C16H18N2O2. The zero-order chi connectivity index (χ0) is 13.9. The van der Waals surface area contributed by atoms with Gasteiger partial charge in [-0.1, -0.05) is 18.2 Å². The molecule has 1 aliphatic carbocycles. The largest absolute Gasteiger partial charge is 0.481 e. The van der Waals surface area contributed by atoms with Crippen molar-refractivity contribution in [3.8, 4) is 11.1 Å². The van der Waals surface area contributed by atoms with Gasteiger partial charge in [-0.3, -0.25) is 9.48 Å². The van der Waals surface area contributed by atoms with E-state index in [9.17, 15) is 4.79 Å². The molecule has 0 atom stereocenters. The number of rotatable bonds is 4. The highest BCUT2D eigenvalue weighted by atomic mass is 16.4. The monoisotopic (exact) mass is 270 g/mol. The molecule has 2 aromatic rings. The van der Waals surface area contributed by atoms with E-state index in [0.717, 1.165) is 12.0 Å². The summed E-state index contributed by atoms with van der Waals surface area (Å²) in [6.07, 6.45) is 8.75. The predicted molar refractivity (Wildman–Crippen MR) is 76.6 cm³/mol. The van der Waals surface area contributed by atoms with Crippen LogP contribution < -0.4 is 0 Å². The fraction of sp³-hybridized carbons (Fsp3) is 0.375. The highest BCUT2D eigenvalue weighted by Gasteiger charge is 2.11. The van der Waals surface area contributed by atoms with Crippen molar-refractivity contribution >= 4 is 5.97 Å². The van der Waals surface area contributed by atoms with E-state index in [2.05, 4.69) is 23.3 Å². The van der Waals surface area contributed by atoms with Crippen molar-refractivity contribution in [2.24, 2.45) is 0 Å². The summed E-state index contributed by atoms with van der Waals surface area (Å²) in [6.45, 7) is 0.417. The number of carbonyl (C=O) groups is 1. The highest BCUT2D eigenvalue weighted by Crippen LogP contribution is 2.27. The molecule has 1 N–H and O–H groups in total. The Bertz CT molecular complexity index is 631. The number of aromatic nitrogens is 2. The van der Waals surface area contributed by atoms with Crippen LogP contribution in [0.1, 0.15) is 30.4 Å². The minimum absolute atomic E-state index is 0.102. The zero-order valence-corrected chi connectivity index (χ0v) is 11.4. The van der Waals surface area contributed by atoms with Crippen LogP contribution in [-0.4, -0.2) is 20.9 Å². The normalized spacial score (nSPS) is 14.0. The summed E-state index contributed by atoms with van der Waals surface area (Å²) in [4.78, 5) is 10.6. The first kappa shape index (κ1) is 12.9. The Hall–Kier alpha value is -2.10. The molecule has 0 saturated heterocycles. The van der Waals surface area contributed by atoms with Crippen LogP contribution in [0, 0.1) is 0 Å². The number of carboxylic acid groups (broad SMARTS) is 1. The Labute approximate surface area is 118 Å². The first-order valence-corrected chi connectivity index (χ1v) is 7.09. The summed E-state index contributed by atoms with van der Waals surface area (Å²) in [5.41, 5.74) is 5.15. The molecule has 0 aliphatic heterocycles. The van der Waals surface area contributed by atoms with Gasteiger partial charge in [0.2, 0.25) is 0 Å². The molecule has 104 valence electrons. The van der Waals surface area contributed by atoms with Crippen molar-refractivity contribution < 1.29 is 9.90 Å². The first-order chi connectivity index (χ1) is 9.72. The molecule has 0 unspecified atom stereocenters. The topological polar surface area (TPSA) is 55.1 Å². The van der Waals surface area contributed by atoms with Crippen LogP contribution in [0.3, 0.4) is 0 Å². The summed E-state index contributed by atoms with van der Waals surface area (Å²) in [7, 11) is 0. The van der Waals surface area contributed by atoms with E-state index in [1.165, 1.54) is 36.0 Å². The van der Waals surface area contributed by atoms with E-state index in [1.54, 1.807) is 4.68 Å². The quantitative estimate of drug-likeness (QED) is 0.929. The lowest BCUT2D eigenvalue weighted by Crippen LogP contribution is -2.04. The smallest absolute Gasteiger partial charge is 0.305 e. The molecule has 3 rings (SSSR count). The van der Waals surface area contributed by atoms with Crippen LogP contribution in [0.4, 0.5) is 0 Å². The van der Waals surface area contributed by atoms with Crippen LogP contribution in [0.5, 0.6) is 0 Å². The third-order valence-electron chi connectivity index (χ3n) is 3.87. The van der Waals surface area contributed by atoms with Crippen molar-refractivity contribution in [1.29, 1.82) is 0 Å². The van der Waals surface area contributed by atoms with E-state index in [-0.39, 0.29) is 6.42 Å². The van der Waals surface area contributed by atoms with Gasteiger partial charge in [-0.2, -0.15) is 5.10 Å². The van der Waals surface area contributed by atoms with Gasteiger partial charge in [0.25, 0.3) is 0 Å². The number of nitrogens with zero attached hydrogens (tertiary/aromatic N) is 2. The lowest BCUT2D eigenvalue weighted by molar-refractivity contribution is -0.137. The van der Waals surface area contributed by atoms with Crippen LogP contribution in [0.2, 0.25) is 0 Å².